The van der Waals surface area contributed by atoms with Gasteiger partial charge in [-0.25, -0.2) is 18.2 Å². The highest BCUT2D eigenvalue weighted by atomic mass is 19.1. The number of rotatable bonds is 5. The lowest BCUT2D eigenvalue weighted by Gasteiger charge is -2.34. The lowest BCUT2D eigenvalue weighted by Crippen LogP contribution is -2.47. The molecule has 11 heteroatoms. The fourth-order valence-electron chi connectivity index (χ4n) is 8.25. The van der Waals surface area contributed by atoms with Gasteiger partial charge in [0.25, 0.3) is 0 Å². The lowest BCUT2D eigenvalue weighted by molar-refractivity contribution is 0.0772. The summed E-state index contributed by atoms with van der Waals surface area (Å²) in [7, 11) is 0. The van der Waals surface area contributed by atoms with Gasteiger partial charge in [0.1, 0.15) is 36.1 Å². The van der Waals surface area contributed by atoms with E-state index in [1.165, 1.54) is 6.07 Å². The predicted octanol–water partition coefficient (Wildman–Crippen LogP) is 5.57. The molecule has 4 aliphatic heterocycles. The number of fused-ring (bicyclic) bond motifs is 4. The molecule has 2 N–H and O–H groups in total. The molecule has 46 heavy (non-hydrogen) atoms. The Hall–Kier alpha value is -4.14. The third-order valence-electron chi connectivity index (χ3n) is 10.4. The first-order valence-electron chi connectivity index (χ1n) is 16.1. The Kier molecular flexibility index (Phi) is 7.18. The van der Waals surface area contributed by atoms with Crippen LogP contribution >= 0.6 is 0 Å². The van der Waals surface area contributed by atoms with Gasteiger partial charge in [0.05, 0.1) is 34.8 Å². The van der Waals surface area contributed by atoms with Crippen molar-refractivity contribution in [3.63, 3.8) is 0 Å². The zero-order valence-corrected chi connectivity index (χ0v) is 25.5. The van der Waals surface area contributed by atoms with E-state index in [0.717, 1.165) is 38.6 Å². The second-order valence-electron chi connectivity index (χ2n) is 13.0. The molecule has 4 aromatic rings. The van der Waals surface area contributed by atoms with Crippen LogP contribution in [0, 0.1) is 24.0 Å². The van der Waals surface area contributed by atoms with E-state index in [4.69, 9.17) is 36.6 Å². The number of aryl methyl sites for hydroxylation is 1. The SMILES string of the molecule is C#Cc1c(F)ccc2cc(N)cc(-c3nc4c5c(nc(OC[C@@]67CCCN6[C@H](CF)CC7)nc5c3F)N3CCCOC[C@@H]3CC4)c12. The smallest absolute Gasteiger partial charge is 0.319 e. The highest BCUT2D eigenvalue weighted by Crippen LogP contribution is 2.44. The van der Waals surface area contributed by atoms with Crippen LogP contribution in [-0.4, -0.2) is 77.1 Å². The van der Waals surface area contributed by atoms with Gasteiger partial charge >= 0.3 is 6.01 Å². The van der Waals surface area contributed by atoms with Gasteiger partial charge in [-0.05, 0) is 75.1 Å². The topological polar surface area (TPSA) is 89.6 Å². The Morgan fingerprint density at radius 1 is 1.09 bits per heavy atom. The van der Waals surface area contributed by atoms with Gasteiger partial charge in [-0.3, -0.25) is 4.90 Å². The first-order valence-corrected chi connectivity index (χ1v) is 16.1. The molecule has 3 saturated heterocycles. The van der Waals surface area contributed by atoms with Crippen molar-refractivity contribution in [2.24, 2.45) is 0 Å². The summed E-state index contributed by atoms with van der Waals surface area (Å²) in [4.78, 5) is 18.9. The Morgan fingerprint density at radius 2 is 1.98 bits per heavy atom. The molecular formula is C35H35F3N6O2. The molecule has 8 rings (SSSR count). The van der Waals surface area contributed by atoms with E-state index in [2.05, 4.69) is 15.7 Å². The van der Waals surface area contributed by atoms with E-state index in [9.17, 15) is 8.78 Å². The quantitative estimate of drug-likeness (QED) is 0.227. The molecule has 2 aromatic carbocycles. The molecule has 4 aliphatic rings. The number of ether oxygens (including phenoxy) is 2. The van der Waals surface area contributed by atoms with Gasteiger partial charge in [-0.15, -0.1) is 6.42 Å². The van der Waals surface area contributed by atoms with Crippen LogP contribution in [0.2, 0.25) is 0 Å². The largest absolute Gasteiger partial charge is 0.461 e. The number of benzene rings is 2. The number of terminal acetylenes is 1. The van der Waals surface area contributed by atoms with Gasteiger partial charge in [0.2, 0.25) is 0 Å². The highest BCUT2D eigenvalue weighted by Gasteiger charge is 2.50. The van der Waals surface area contributed by atoms with Crippen molar-refractivity contribution in [2.75, 3.05) is 50.2 Å². The normalized spacial score (nSPS) is 24.4. The molecule has 0 aliphatic carbocycles. The zero-order valence-electron chi connectivity index (χ0n) is 25.5. The van der Waals surface area contributed by atoms with Crippen LogP contribution in [0.15, 0.2) is 24.3 Å². The average Bonchev–Trinajstić information content (AvgIpc) is 3.48. The molecular weight excluding hydrogens is 593 g/mol. The number of pyridine rings is 1. The van der Waals surface area contributed by atoms with Crippen molar-refractivity contribution in [1.29, 1.82) is 0 Å². The summed E-state index contributed by atoms with van der Waals surface area (Å²) < 4.78 is 58.1. The third kappa shape index (κ3) is 4.56. The van der Waals surface area contributed by atoms with Crippen molar-refractivity contribution >= 4 is 33.2 Å². The fourth-order valence-corrected chi connectivity index (χ4v) is 8.25. The molecule has 8 nitrogen and oxygen atoms in total. The molecule has 6 heterocycles. The predicted molar refractivity (Wildman–Crippen MR) is 171 cm³/mol. The summed E-state index contributed by atoms with van der Waals surface area (Å²) in [5.41, 5.74) is 7.38. The average molecular weight is 629 g/mol. The molecule has 2 aromatic heterocycles. The van der Waals surface area contributed by atoms with E-state index in [1.807, 2.05) is 0 Å². The molecule has 0 radical (unpaired) electrons. The first kappa shape index (κ1) is 29.3. The van der Waals surface area contributed by atoms with E-state index in [0.29, 0.717) is 71.5 Å². The number of hydrogen-bond donors (Lipinski definition) is 1. The van der Waals surface area contributed by atoms with Crippen LogP contribution in [0.5, 0.6) is 6.01 Å². The summed E-state index contributed by atoms with van der Waals surface area (Å²) in [6, 6.07) is 6.09. The Bertz CT molecular complexity index is 1910. The molecule has 0 spiro atoms. The monoisotopic (exact) mass is 628 g/mol. The minimum atomic E-state index is -0.685. The number of alkyl halides is 1. The maximum Gasteiger partial charge on any atom is 0.319 e. The number of nitrogens with two attached hydrogens (primary N) is 1. The first-order chi connectivity index (χ1) is 22.4. The number of aromatic nitrogens is 3. The van der Waals surface area contributed by atoms with Gasteiger partial charge < -0.3 is 20.1 Å². The van der Waals surface area contributed by atoms with Crippen LogP contribution in [0.1, 0.15) is 49.8 Å². The van der Waals surface area contributed by atoms with Crippen LogP contribution in [-0.2, 0) is 11.2 Å². The Balaban J connectivity index is 1.32. The van der Waals surface area contributed by atoms with E-state index >= 15 is 4.39 Å². The molecule has 0 saturated carbocycles. The van der Waals surface area contributed by atoms with Crippen LogP contribution in [0.3, 0.4) is 0 Å². The molecule has 238 valence electrons. The summed E-state index contributed by atoms with van der Waals surface area (Å²) >= 11 is 0. The minimum absolute atomic E-state index is 0.00649. The number of hydrogen-bond acceptors (Lipinski definition) is 8. The van der Waals surface area contributed by atoms with E-state index in [-0.39, 0.29) is 53.7 Å². The maximum atomic E-state index is 17.1. The van der Waals surface area contributed by atoms with Crippen molar-refractivity contribution < 1.29 is 22.6 Å². The van der Waals surface area contributed by atoms with E-state index in [1.54, 1.807) is 18.2 Å². The maximum absolute atomic E-state index is 17.1. The van der Waals surface area contributed by atoms with Gasteiger partial charge in [-0.1, -0.05) is 12.0 Å². The molecule has 0 bridgehead atoms. The highest BCUT2D eigenvalue weighted by molar-refractivity contribution is 6.04. The second-order valence-corrected chi connectivity index (χ2v) is 13.0. The molecule has 3 atom stereocenters. The van der Waals surface area contributed by atoms with Gasteiger partial charge in [0.15, 0.2) is 5.82 Å². The standard InChI is InChI=1S/C35H35F3N6O2/c1-2-24-26(37)7-5-20-15-21(39)16-25(28(20)24)31-30(38)32-29-27(40-31)8-6-23-18-45-14-4-12-43(23)33(29)42-34(41-32)46-19-35-10-3-13-44(35)22(17-36)9-11-35/h1,5,7,15-16,22-23H,3-4,6,8-14,17-19,39H2/t22-,23-,35-/m0/s1. The van der Waals surface area contributed by atoms with Crippen LogP contribution in [0.25, 0.3) is 32.9 Å². The molecule has 0 unspecified atom stereocenters. The molecule has 3 fully saturated rings. The summed E-state index contributed by atoms with van der Waals surface area (Å²) in [5.74, 6) is 1.74. The Morgan fingerprint density at radius 3 is 2.83 bits per heavy atom. The van der Waals surface area contributed by atoms with E-state index < -0.39 is 11.6 Å². The summed E-state index contributed by atoms with van der Waals surface area (Å²) in [5, 5.41) is 1.48. The van der Waals surface area contributed by atoms with Crippen molar-refractivity contribution in [3.8, 4) is 29.6 Å². The van der Waals surface area contributed by atoms with Gasteiger partial charge in [0, 0.05) is 35.8 Å². The third-order valence-corrected chi connectivity index (χ3v) is 10.4. The molecule has 0 amide bonds. The second kappa shape index (κ2) is 11.3. The zero-order chi connectivity index (χ0) is 31.6. The van der Waals surface area contributed by atoms with Crippen LogP contribution in [0.4, 0.5) is 24.7 Å². The fraction of sp³-hybridized carbons (Fsp3) is 0.457. The number of nitrogens with zero attached hydrogens (tertiary/aromatic N) is 5. The van der Waals surface area contributed by atoms with Crippen molar-refractivity contribution in [3.05, 3.63) is 47.2 Å². The van der Waals surface area contributed by atoms with Gasteiger partial charge in [-0.2, -0.15) is 9.97 Å². The number of nitrogen functional groups attached to an aromatic ring is 1. The van der Waals surface area contributed by atoms with Crippen LogP contribution < -0.4 is 15.4 Å². The van der Waals surface area contributed by atoms with Crippen molar-refractivity contribution in [2.45, 2.75) is 62.6 Å². The lowest BCUT2D eigenvalue weighted by atomic mass is 9.95. The van der Waals surface area contributed by atoms with Crippen molar-refractivity contribution in [1.82, 2.24) is 19.9 Å². The summed E-state index contributed by atoms with van der Waals surface area (Å²) in [6.07, 6.45) is 11.3. The number of anilines is 2. The summed E-state index contributed by atoms with van der Waals surface area (Å²) in [6.45, 7) is 2.56. The number of halogens is 3. The Labute approximate surface area is 265 Å². The minimum Gasteiger partial charge on any atom is -0.461 e.